The van der Waals surface area contributed by atoms with Gasteiger partial charge in [-0.1, -0.05) is 35.3 Å². The molecule has 0 radical (unpaired) electrons. The number of imide groups is 1. The van der Waals surface area contributed by atoms with Gasteiger partial charge >= 0.3 is 5.97 Å². The minimum absolute atomic E-state index is 0.0445. The Kier molecular flexibility index (Phi) is 6.44. The standard InChI is InChI=1S/C22H18Cl2N2O7/c1-11(26-20(28)13-6-15(23)16(24)7-14(13)21(26)29)22(30)32-10-19(27)25-8-12-9-31-17-4-2-3-5-18(17)33-12/h2-7,11-12H,8-10H2,1H3,(H,25,27)/t11-,12?/m0/s1. The average molecular weight is 493 g/mol. The van der Waals surface area contributed by atoms with Crippen molar-refractivity contribution in [3.63, 3.8) is 0 Å². The summed E-state index contributed by atoms with van der Waals surface area (Å²) in [6.07, 6.45) is -0.407. The minimum atomic E-state index is -1.26. The van der Waals surface area contributed by atoms with Crippen molar-refractivity contribution in [2.75, 3.05) is 19.8 Å². The second-order valence-electron chi connectivity index (χ2n) is 7.38. The molecular weight excluding hydrogens is 475 g/mol. The lowest BCUT2D eigenvalue weighted by Gasteiger charge is -2.26. The lowest BCUT2D eigenvalue weighted by atomic mass is 10.1. The summed E-state index contributed by atoms with van der Waals surface area (Å²) in [6, 6.07) is 8.47. The van der Waals surface area contributed by atoms with Crippen molar-refractivity contribution in [3.05, 3.63) is 57.6 Å². The number of fused-ring (bicyclic) bond motifs is 2. The highest BCUT2D eigenvalue weighted by molar-refractivity contribution is 6.43. The fourth-order valence-electron chi connectivity index (χ4n) is 3.41. The van der Waals surface area contributed by atoms with E-state index in [1.807, 2.05) is 6.07 Å². The van der Waals surface area contributed by atoms with Gasteiger partial charge in [0.05, 0.1) is 27.7 Å². The van der Waals surface area contributed by atoms with Gasteiger partial charge < -0.3 is 19.5 Å². The van der Waals surface area contributed by atoms with Crippen molar-refractivity contribution < 1.29 is 33.4 Å². The predicted molar refractivity (Wildman–Crippen MR) is 117 cm³/mol. The van der Waals surface area contributed by atoms with E-state index in [0.717, 1.165) is 4.90 Å². The SMILES string of the molecule is C[C@@H](C(=O)OCC(=O)NCC1COc2ccccc2O1)N1C(=O)c2cc(Cl)c(Cl)cc2C1=O. The predicted octanol–water partition coefficient (Wildman–Crippen LogP) is 2.48. The quantitative estimate of drug-likeness (QED) is 0.486. The van der Waals surface area contributed by atoms with Gasteiger partial charge in [-0.25, -0.2) is 4.79 Å². The summed E-state index contributed by atoms with van der Waals surface area (Å²) in [4.78, 5) is 50.5. The molecule has 9 nitrogen and oxygen atoms in total. The van der Waals surface area contributed by atoms with Crippen LogP contribution in [0.4, 0.5) is 0 Å². The summed E-state index contributed by atoms with van der Waals surface area (Å²) in [5.74, 6) is -1.68. The van der Waals surface area contributed by atoms with Crippen molar-refractivity contribution >= 4 is 46.9 Å². The Morgan fingerprint density at radius 3 is 2.36 bits per heavy atom. The lowest BCUT2D eigenvalue weighted by Crippen LogP contribution is -2.45. The van der Waals surface area contributed by atoms with Gasteiger partial charge in [0, 0.05) is 0 Å². The Bertz CT molecular complexity index is 1110. The van der Waals surface area contributed by atoms with Crippen molar-refractivity contribution in [2.45, 2.75) is 19.1 Å². The molecule has 1 N–H and O–H groups in total. The van der Waals surface area contributed by atoms with Gasteiger partial charge in [-0.05, 0) is 31.2 Å². The fraction of sp³-hybridized carbons (Fsp3) is 0.273. The van der Waals surface area contributed by atoms with E-state index >= 15 is 0 Å². The average Bonchev–Trinajstić information content (AvgIpc) is 3.04. The molecule has 2 atom stereocenters. The van der Waals surface area contributed by atoms with Crippen LogP contribution < -0.4 is 14.8 Å². The normalized spacial score (nSPS) is 17.4. The Hall–Kier alpha value is -3.30. The van der Waals surface area contributed by atoms with Crippen LogP contribution in [0.25, 0.3) is 0 Å². The zero-order chi connectivity index (χ0) is 23.7. The number of benzene rings is 2. The van der Waals surface area contributed by atoms with Crippen LogP contribution in [0, 0.1) is 0 Å². The molecule has 0 saturated heterocycles. The number of carbonyl (C=O) groups is 4. The highest BCUT2D eigenvalue weighted by Crippen LogP contribution is 2.33. The number of amides is 3. The van der Waals surface area contributed by atoms with Gasteiger partial charge in [0.1, 0.15) is 18.8 Å². The van der Waals surface area contributed by atoms with Crippen molar-refractivity contribution in [2.24, 2.45) is 0 Å². The van der Waals surface area contributed by atoms with Crippen LogP contribution in [-0.2, 0) is 14.3 Å². The number of halogens is 2. The maximum Gasteiger partial charge on any atom is 0.329 e. The number of ether oxygens (including phenoxy) is 3. The maximum atomic E-state index is 12.6. The number of carbonyl (C=O) groups excluding carboxylic acids is 4. The Labute approximate surface area is 198 Å². The summed E-state index contributed by atoms with van der Waals surface area (Å²) in [5.41, 5.74) is 0.0890. The third-order valence-electron chi connectivity index (χ3n) is 5.13. The van der Waals surface area contributed by atoms with Gasteiger partial charge in [0.15, 0.2) is 18.1 Å². The molecule has 0 bridgehead atoms. The van der Waals surface area contributed by atoms with E-state index in [2.05, 4.69) is 5.32 Å². The molecule has 4 rings (SSSR count). The number of hydrogen-bond acceptors (Lipinski definition) is 7. The fourth-order valence-corrected chi connectivity index (χ4v) is 3.74. The molecule has 0 spiro atoms. The van der Waals surface area contributed by atoms with E-state index in [1.54, 1.807) is 18.2 Å². The molecule has 2 aromatic carbocycles. The highest BCUT2D eigenvalue weighted by atomic mass is 35.5. The molecule has 172 valence electrons. The summed E-state index contributed by atoms with van der Waals surface area (Å²) in [7, 11) is 0. The van der Waals surface area contributed by atoms with Crippen LogP contribution in [-0.4, -0.2) is 60.5 Å². The van der Waals surface area contributed by atoms with E-state index < -0.39 is 42.4 Å². The molecule has 2 aliphatic rings. The summed E-state index contributed by atoms with van der Waals surface area (Å²) >= 11 is 11.8. The zero-order valence-electron chi connectivity index (χ0n) is 17.3. The molecule has 0 saturated carbocycles. The monoisotopic (exact) mass is 492 g/mol. The first-order chi connectivity index (χ1) is 15.8. The van der Waals surface area contributed by atoms with Gasteiger partial charge in [-0.3, -0.25) is 19.3 Å². The van der Waals surface area contributed by atoms with Crippen LogP contribution in [0.5, 0.6) is 11.5 Å². The first-order valence-electron chi connectivity index (χ1n) is 9.95. The van der Waals surface area contributed by atoms with E-state index in [0.29, 0.717) is 11.5 Å². The zero-order valence-corrected chi connectivity index (χ0v) is 18.8. The largest absolute Gasteiger partial charge is 0.486 e. The minimum Gasteiger partial charge on any atom is -0.486 e. The van der Waals surface area contributed by atoms with Gasteiger partial charge in [-0.2, -0.15) is 0 Å². The lowest BCUT2D eigenvalue weighted by molar-refractivity contribution is -0.151. The molecule has 0 aliphatic carbocycles. The number of nitrogens with one attached hydrogen (secondary N) is 1. The molecule has 33 heavy (non-hydrogen) atoms. The summed E-state index contributed by atoms with van der Waals surface area (Å²) in [6.45, 7) is 1.13. The van der Waals surface area contributed by atoms with Gasteiger partial charge in [0.2, 0.25) is 0 Å². The van der Waals surface area contributed by atoms with E-state index in [-0.39, 0.29) is 34.3 Å². The van der Waals surface area contributed by atoms with Crippen LogP contribution in [0.15, 0.2) is 36.4 Å². The third kappa shape index (κ3) is 4.60. The van der Waals surface area contributed by atoms with E-state index in [4.69, 9.17) is 37.4 Å². The summed E-state index contributed by atoms with van der Waals surface area (Å²) in [5, 5.41) is 2.82. The molecule has 0 fully saturated rings. The number of rotatable bonds is 6. The number of nitrogens with zero attached hydrogens (tertiary/aromatic N) is 1. The van der Waals surface area contributed by atoms with Crippen LogP contribution in [0.1, 0.15) is 27.6 Å². The molecule has 0 aromatic heterocycles. The Morgan fingerprint density at radius 1 is 1.12 bits per heavy atom. The molecular formula is C22H18Cl2N2O7. The van der Waals surface area contributed by atoms with Crippen LogP contribution in [0.2, 0.25) is 10.0 Å². The molecule has 2 aromatic rings. The first-order valence-corrected chi connectivity index (χ1v) is 10.7. The van der Waals surface area contributed by atoms with Crippen molar-refractivity contribution in [1.82, 2.24) is 10.2 Å². The Morgan fingerprint density at radius 2 is 1.73 bits per heavy atom. The van der Waals surface area contributed by atoms with Crippen molar-refractivity contribution in [3.8, 4) is 11.5 Å². The molecule has 3 amide bonds. The number of hydrogen-bond donors (Lipinski definition) is 1. The highest BCUT2D eigenvalue weighted by Gasteiger charge is 2.42. The second kappa shape index (κ2) is 9.29. The Balaban J connectivity index is 1.28. The van der Waals surface area contributed by atoms with Crippen LogP contribution in [0.3, 0.4) is 0 Å². The van der Waals surface area contributed by atoms with E-state index in [1.165, 1.54) is 19.1 Å². The maximum absolute atomic E-state index is 12.6. The topological polar surface area (TPSA) is 111 Å². The second-order valence-corrected chi connectivity index (χ2v) is 8.19. The third-order valence-corrected chi connectivity index (χ3v) is 5.85. The van der Waals surface area contributed by atoms with Gasteiger partial charge in [0.25, 0.3) is 17.7 Å². The van der Waals surface area contributed by atoms with Crippen LogP contribution >= 0.6 is 23.2 Å². The van der Waals surface area contributed by atoms with E-state index in [9.17, 15) is 19.2 Å². The first kappa shape index (κ1) is 22.9. The number of para-hydroxylation sites is 2. The summed E-state index contributed by atoms with van der Waals surface area (Å²) < 4.78 is 16.3. The molecule has 2 heterocycles. The smallest absolute Gasteiger partial charge is 0.329 e. The van der Waals surface area contributed by atoms with Crippen molar-refractivity contribution in [1.29, 1.82) is 0 Å². The van der Waals surface area contributed by atoms with Gasteiger partial charge in [-0.15, -0.1) is 0 Å². The molecule has 1 unspecified atom stereocenters. The molecule has 2 aliphatic heterocycles. The number of esters is 1. The molecule has 11 heteroatoms.